The van der Waals surface area contributed by atoms with E-state index < -0.39 is 5.25 Å². The van der Waals surface area contributed by atoms with Gasteiger partial charge in [-0.1, -0.05) is 11.8 Å². The Kier molecular flexibility index (Phi) is 7.67. The number of hydrogen-bond donors (Lipinski definition) is 1. The number of amides is 2. The number of Topliss-reactive ketones (excluding diaryl/α,β-unsaturated/α-hetero) is 1. The van der Waals surface area contributed by atoms with E-state index in [1.807, 2.05) is 31.2 Å². The smallest absolute Gasteiger partial charge is 0.243 e. The molecule has 0 aliphatic carbocycles. The molecule has 1 fully saturated rings. The van der Waals surface area contributed by atoms with Gasteiger partial charge in [0.25, 0.3) is 0 Å². The van der Waals surface area contributed by atoms with Gasteiger partial charge in [-0.15, -0.1) is 0 Å². The molecule has 1 atom stereocenters. The number of ether oxygens (including phenoxy) is 1. The van der Waals surface area contributed by atoms with Gasteiger partial charge in [0.05, 0.1) is 25.1 Å². The quantitative estimate of drug-likeness (QED) is 0.421. The van der Waals surface area contributed by atoms with Crippen LogP contribution in [0.3, 0.4) is 0 Å². The highest BCUT2D eigenvalue weighted by Gasteiger charge is 2.39. The molecule has 1 N–H and O–H groups in total. The van der Waals surface area contributed by atoms with Gasteiger partial charge in [0, 0.05) is 17.7 Å². The van der Waals surface area contributed by atoms with E-state index in [9.17, 15) is 14.4 Å². The van der Waals surface area contributed by atoms with Crippen LogP contribution < -0.4 is 10.1 Å². The first-order chi connectivity index (χ1) is 16.9. The van der Waals surface area contributed by atoms with Crippen LogP contribution in [0.2, 0.25) is 0 Å². The van der Waals surface area contributed by atoms with Gasteiger partial charge in [0.2, 0.25) is 11.8 Å². The van der Waals surface area contributed by atoms with E-state index in [2.05, 4.69) is 10.3 Å². The second kappa shape index (κ2) is 11.1. The normalized spacial score (nSPS) is 16.5. The molecule has 1 aliphatic heterocycles. The monoisotopic (exact) mass is 491 g/mol. The van der Waals surface area contributed by atoms with E-state index in [-0.39, 0.29) is 30.6 Å². The number of hydrogen-bond acceptors (Lipinski definition) is 7. The molecular formula is C26H25N3O5S. The van der Waals surface area contributed by atoms with E-state index in [1.165, 1.54) is 18.7 Å². The van der Waals surface area contributed by atoms with E-state index >= 15 is 0 Å². The fourth-order valence-electron chi connectivity index (χ4n) is 3.49. The summed E-state index contributed by atoms with van der Waals surface area (Å²) < 4.78 is 10.9. The van der Waals surface area contributed by atoms with Crippen LogP contribution in [0.1, 0.15) is 36.4 Å². The highest BCUT2D eigenvalue weighted by atomic mass is 32.2. The summed E-state index contributed by atoms with van der Waals surface area (Å²) >= 11 is 1.25. The van der Waals surface area contributed by atoms with Crippen molar-refractivity contribution in [1.82, 2.24) is 4.90 Å². The van der Waals surface area contributed by atoms with Crippen LogP contribution in [0.15, 0.2) is 76.3 Å². The Morgan fingerprint density at radius 3 is 2.49 bits per heavy atom. The number of rotatable bonds is 9. The predicted molar refractivity (Wildman–Crippen MR) is 135 cm³/mol. The number of thioether (sulfide) groups is 1. The van der Waals surface area contributed by atoms with Crippen molar-refractivity contribution < 1.29 is 23.5 Å². The molecule has 1 saturated heterocycles. The molecule has 2 aromatic carbocycles. The van der Waals surface area contributed by atoms with Crippen molar-refractivity contribution in [1.29, 1.82) is 0 Å². The molecule has 1 aliphatic rings. The molecule has 1 aromatic heterocycles. The van der Waals surface area contributed by atoms with E-state index in [0.717, 1.165) is 5.75 Å². The summed E-state index contributed by atoms with van der Waals surface area (Å²) in [5, 5.41) is 2.67. The van der Waals surface area contributed by atoms with E-state index in [1.54, 1.807) is 47.6 Å². The lowest BCUT2D eigenvalue weighted by Gasteiger charge is -2.15. The molecule has 1 unspecified atom stereocenters. The standard InChI is InChI=1S/C26H25N3O5S/c1-3-33-21-12-10-20(11-13-21)28-26-29(16-22-5-4-14-34-22)25(32)23(35-26)15-24(31)27-19-8-6-18(7-9-19)17(2)30/h4-14,23H,3,15-16H2,1-2H3,(H,27,31). The Morgan fingerprint density at radius 2 is 1.86 bits per heavy atom. The number of carbonyl (C=O) groups is 3. The molecule has 3 aromatic rings. The first-order valence-corrected chi connectivity index (χ1v) is 12.0. The maximum absolute atomic E-state index is 13.2. The second-order valence-electron chi connectivity index (χ2n) is 7.82. The largest absolute Gasteiger partial charge is 0.494 e. The molecular weight excluding hydrogens is 466 g/mol. The highest BCUT2D eigenvalue weighted by molar-refractivity contribution is 8.15. The van der Waals surface area contributed by atoms with Crippen LogP contribution in [0, 0.1) is 0 Å². The predicted octanol–water partition coefficient (Wildman–Crippen LogP) is 5.04. The lowest BCUT2D eigenvalue weighted by atomic mass is 10.1. The van der Waals surface area contributed by atoms with Crippen molar-refractivity contribution >= 4 is 45.9 Å². The minimum atomic E-state index is -0.622. The summed E-state index contributed by atoms with van der Waals surface area (Å²) in [6.07, 6.45) is 1.53. The summed E-state index contributed by atoms with van der Waals surface area (Å²) in [5.41, 5.74) is 1.79. The Labute approximate surface area is 207 Å². The van der Waals surface area contributed by atoms with Crippen molar-refractivity contribution in [3.05, 3.63) is 78.3 Å². The fourth-order valence-corrected chi connectivity index (χ4v) is 4.65. The molecule has 2 amide bonds. The number of nitrogens with one attached hydrogen (secondary N) is 1. The van der Waals surface area contributed by atoms with Gasteiger partial charge in [-0.2, -0.15) is 0 Å². The zero-order chi connectivity index (χ0) is 24.8. The van der Waals surface area contributed by atoms with Crippen LogP contribution in [0.4, 0.5) is 11.4 Å². The maximum Gasteiger partial charge on any atom is 0.243 e. The van der Waals surface area contributed by atoms with Crippen LogP contribution >= 0.6 is 11.8 Å². The number of anilines is 1. The average Bonchev–Trinajstić information content (AvgIpc) is 3.45. The van der Waals surface area contributed by atoms with Gasteiger partial charge in [-0.05, 0) is 74.5 Å². The third kappa shape index (κ3) is 6.19. The summed E-state index contributed by atoms with van der Waals surface area (Å²) in [6, 6.07) is 17.5. The first-order valence-electron chi connectivity index (χ1n) is 11.2. The summed E-state index contributed by atoms with van der Waals surface area (Å²) in [5.74, 6) is 0.801. The van der Waals surface area contributed by atoms with Crippen LogP contribution in [-0.4, -0.2) is 39.5 Å². The Bertz CT molecular complexity index is 1220. The van der Waals surface area contributed by atoms with Gasteiger partial charge in [0.15, 0.2) is 11.0 Å². The number of aliphatic imine (C=N–C) groups is 1. The van der Waals surface area contributed by atoms with Gasteiger partial charge in [-0.25, -0.2) is 4.99 Å². The van der Waals surface area contributed by atoms with E-state index in [0.29, 0.717) is 34.5 Å². The molecule has 180 valence electrons. The van der Waals surface area contributed by atoms with Gasteiger partial charge in [0.1, 0.15) is 16.8 Å². The number of furan rings is 1. The molecule has 35 heavy (non-hydrogen) atoms. The van der Waals surface area contributed by atoms with Gasteiger partial charge in [-0.3, -0.25) is 19.3 Å². The lowest BCUT2D eigenvalue weighted by Crippen LogP contribution is -2.33. The molecule has 0 bridgehead atoms. The fraction of sp³-hybridized carbons (Fsp3) is 0.231. The van der Waals surface area contributed by atoms with Crippen molar-refractivity contribution in [2.45, 2.75) is 32.1 Å². The molecule has 9 heteroatoms. The average molecular weight is 492 g/mol. The zero-order valence-electron chi connectivity index (χ0n) is 19.4. The summed E-state index contributed by atoms with van der Waals surface area (Å²) in [4.78, 5) is 43.6. The molecule has 8 nitrogen and oxygen atoms in total. The Morgan fingerprint density at radius 1 is 1.11 bits per heavy atom. The van der Waals surface area contributed by atoms with Crippen LogP contribution in [-0.2, 0) is 16.1 Å². The van der Waals surface area contributed by atoms with Gasteiger partial charge >= 0.3 is 0 Å². The molecule has 0 spiro atoms. The number of nitrogens with zero attached hydrogens (tertiary/aromatic N) is 2. The lowest BCUT2D eigenvalue weighted by molar-refractivity contribution is -0.128. The summed E-state index contributed by atoms with van der Waals surface area (Å²) in [6.45, 7) is 4.19. The van der Waals surface area contributed by atoms with Crippen molar-refractivity contribution in [3.63, 3.8) is 0 Å². The van der Waals surface area contributed by atoms with Crippen LogP contribution in [0.5, 0.6) is 5.75 Å². The van der Waals surface area contributed by atoms with Crippen LogP contribution in [0.25, 0.3) is 0 Å². The molecule has 0 saturated carbocycles. The molecule has 2 heterocycles. The maximum atomic E-state index is 13.2. The summed E-state index contributed by atoms with van der Waals surface area (Å²) in [7, 11) is 0. The third-order valence-electron chi connectivity index (χ3n) is 5.23. The highest BCUT2D eigenvalue weighted by Crippen LogP contribution is 2.33. The third-order valence-corrected chi connectivity index (χ3v) is 6.41. The van der Waals surface area contributed by atoms with E-state index in [4.69, 9.17) is 9.15 Å². The van der Waals surface area contributed by atoms with Crippen molar-refractivity contribution in [2.24, 2.45) is 4.99 Å². The Balaban J connectivity index is 1.49. The van der Waals surface area contributed by atoms with Gasteiger partial charge < -0.3 is 14.5 Å². The minimum Gasteiger partial charge on any atom is -0.494 e. The number of amidine groups is 1. The minimum absolute atomic E-state index is 0.0189. The zero-order valence-corrected chi connectivity index (χ0v) is 20.2. The number of benzene rings is 2. The molecule has 0 radical (unpaired) electrons. The van der Waals surface area contributed by atoms with Crippen molar-refractivity contribution in [3.8, 4) is 5.75 Å². The van der Waals surface area contributed by atoms with Crippen molar-refractivity contribution in [2.75, 3.05) is 11.9 Å². The second-order valence-corrected chi connectivity index (χ2v) is 8.99. The SMILES string of the molecule is CCOc1ccc(N=C2SC(CC(=O)Nc3ccc(C(C)=O)cc3)C(=O)N2Cc2ccco2)cc1. The topological polar surface area (TPSA) is 101 Å². The number of ketones is 1. The molecule has 4 rings (SSSR count). The Hall–Kier alpha value is -3.85. The number of carbonyl (C=O) groups excluding carboxylic acids is 3. The first kappa shape index (κ1) is 24.3.